The molecule has 2 N–H and O–H groups in total. The number of rotatable bonds is 6. The number of nitrogens with zero attached hydrogens (tertiary/aromatic N) is 1. The number of nitrogens with one attached hydrogen (secondary N) is 2. The highest BCUT2D eigenvalue weighted by Gasteiger charge is 2.49. The summed E-state index contributed by atoms with van der Waals surface area (Å²) in [5.41, 5.74) is -1.76. The Morgan fingerprint density at radius 2 is 1.74 bits per heavy atom. The molecule has 1 fully saturated rings. The highest BCUT2D eigenvalue weighted by Crippen LogP contribution is 2.35. The number of urea groups is 1. The third kappa shape index (κ3) is 3.86. The fourth-order valence-corrected chi connectivity index (χ4v) is 3.14. The van der Waals surface area contributed by atoms with Crippen molar-refractivity contribution in [2.24, 2.45) is 0 Å². The van der Waals surface area contributed by atoms with Crippen LogP contribution >= 0.6 is 0 Å². The molecule has 0 bridgehead atoms. The number of carbonyl (C=O) groups is 3. The standard InChI is InChI=1S/C20H18F3N3O5/c1-20(10-4-7-13(30-2)14(8-10)31-3)18(28)26(19(29)25-20)9-15(27)24-12-6-5-11(21)16(22)17(12)23/h4-8H,9H2,1-3H3,(H,24,27)(H,25,29). The molecule has 31 heavy (non-hydrogen) atoms. The molecule has 3 rings (SSSR count). The van der Waals surface area contributed by atoms with Gasteiger partial charge in [0.2, 0.25) is 5.91 Å². The van der Waals surface area contributed by atoms with E-state index in [0.717, 1.165) is 6.07 Å². The smallest absolute Gasteiger partial charge is 0.325 e. The average molecular weight is 437 g/mol. The lowest BCUT2D eigenvalue weighted by Crippen LogP contribution is -2.42. The van der Waals surface area contributed by atoms with Crippen molar-refractivity contribution in [3.05, 3.63) is 53.3 Å². The molecular formula is C20H18F3N3O5. The number of hydrogen-bond donors (Lipinski definition) is 2. The van der Waals surface area contributed by atoms with E-state index in [0.29, 0.717) is 28.0 Å². The molecule has 0 aliphatic carbocycles. The van der Waals surface area contributed by atoms with E-state index in [1.54, 1.807) is 12.1 Å². The summed E-state index contributed by atoms with van der Waals surface area (Å²) in [6.07, 6.45) is 0. The second-order valence-electron chi connectivity index (χ2n) is 6.79. The molecule has 1 aliphatic heterocycles. The van der Waals surface area contributed by atoms with Gasteiger partial charge in [0.15, 0.2) is 29.0 Å². The number of hydrogen-bond acceptors (Lipinski definition) is 5. The van der Waals surface area contributed by atoms with Crippen LogP contribution in [-0.4, -0.2) is 43.5 Å². The van der Waals surface area contributed by atoms with Crippen LogP contribution in [0.3, 0.4) is 0 Å². The summed E-state index contributed by atoms with van der Waals surface area (Å²) >= 11 is 0. The highest BCUT2D eigenvalue weighted by atomic mass is 19.2. The topological polar surface area (TPSA) is 97.0 Å². The van der Waals surface area contributed by atoms with Gasteiger partial charge in [-0.1, -0.05) is 6.07 Å². The average Bonchev–Trinajstić information content (AvgIpc) is 2.97. The first-order chi connectivity index (χ1) is 14.6. The first kappa shape index (κ1) is 21.9. The number of amides is 4. The van der Waals surface area contributed by atoms with Crippen LogP contribution in [0.15, 0.2) is 30.3 Å². The molecule has 0 radical (unpaired) electrons. The minimum Gasteiger partial charge on any atom is -0.493 e. The zero-order valence-corrected chi connectivity index (χ0v) is 16.7. The zero-order valence-electron chi connectivity index (χ0n) is 16.7. The SMILES string of the molecule is COc1ccc(C2(C)NC(=O)N(CC(=O)Nc3ccc(F)c(F)c3F)C2=O)cc1OC. The maximum Gasteiger partial charge on any atom is 0.325 e. The predicted molar refractivity (Wildman–Crippen MR) is 102 cm³/mol. The van der Waals surface area contributed by atoms with Crippen LogP contribution in [-0.2, 0) is 15.1 Å². The summed E-state index contributed by atoms with van der Waals surface area (Å²) in [7, 11) is 2.85. The summed E-state index contributed by atoms with van der Waals surface area (Å²) in [4.78, 5) is 38.2. The molecule has 1 heterocycles. The van der Waals surface area contributed by atoms with Gasteiger partial charge in [-0.2, -0.15) is 0 Å². The van der Waals surface area contributed by atoms with Gasteiger partial charge in [-0.05, 0) is 36.8 Å². The van der Waals surface area contributed by atoms with Gasteiger partial charge < -0.3 is 20.1 Å². The molecule has 1 atom stereocenters. The van der Waals surface area contributed by atoms with Crippen molar-refractivity contribution >= 4 is 23.5 Å². The third-order valence-electron chi connectivity index (χ3n) is 4.85. The van der Waals surface area contributed by atoms with Crippen LogP contribution in [0.5, 0.6) is 11.5 Å². The van der Waals surface area contributed by atoms with Crippen molar-refractivity contribution < 1.29 is 37.0 Å². The molecule has 0 aromatic heterocycles. The Balaban J connectivity index is 1.80. The third-order valence-corrected chi connectivity index (χ3v) is 4.85. The lowest BCUT2D eigenvalue weighted by atomic mass is 9.91. The summed E-state index contributed by atoms with van der Waals surface area (Å²) in [6.45, 7) is 0.674. The lowest BCUT2D eigenvalue weighted by Gasteiger charge is -2.23. The van der Waals surface area contributed by atoms with Crippen LogP contribution in [0.2, 0.25) is 0 Å². The van der Waals surface area contributed by atoms with Gasteiger partial charge in [0.1, 0.15) is 12.1 Å². The quantitative estimate of drug-likeness (QED) is 0.535. The van der Waals surface area contributed by atoms with Crippen LogP contribution < -0.4 is 20.1 Å². The van der Waals surface area contributed by atoms with Gasteiger partial charge in [-0.15, -0.1) is 0 Å². The summed E-state index contributed by atoms with van der Waals surface area (Å²) < 4.78 is 50.5. The molecule has 2 aromatic rings. The van der Waals surface area contributed by atoms with Crippen LogP contribution in [0.4, 0.5) is 23.7 Å². The number of ether oxygens (including phenoxy) is 2. The largest absolute Gasteiger partial charge is 0.493 e. The highest BCUT2D eigenvalue weighted by molar-refractivity contribution is 6.10. The van der Waals surface area contributed by atoms with E-state index in [1.807, 2.05) is 5.32 Å². The minimum atomic E-state index is -1.76. The van der Waals surface area contributed by atoms with Crippen LogP contribution in [0.25, 0.3) is 0 Å². The first-order valence-corrected chi connectivity index (χ1v) is 8.92. The van der Waals surface area contributed by atoms with E-state index in [4.69, 9.17) is 9.47 Å². The number of benzene rings is 2. The lowest BCUT2D eigenvalue weighted by molar-refractivity contribution is -0.133. The van der Waals surface area contributed by atoms with Gasteiger partial charge in [0.25, 0.3) is 5.91 Å². The van der Waals surface area contributed by atoms with E-state index in [-0.39, 0.29) is 0 Å². The van der Waals surface area contributed by atoms with E-state index < -0.39 is 53.1 Å². The monoisotopic (exact) mass is 437 g/mol. The van der Waals surface area contributed by atoms with Crippen molar-refractivity contribution in [1.29, 1.82) is 0 Å². The van der Waals surface area contributed by atoms with Crippen molar-refractivity contribution in [1.82, 2.24) is 10.2 Å². The van der Waals surface area contributed by atoms with E-state index in [1.165, 1.54) is 27.2 Å². The fourth-order valence-electron chi connectivity index (χ4n) is 3.14. The number of anilines is 1. The fraction of sp³-hybridized carbons (Fsp3) is 0.250. The normalized spacial score (nSPS) is 18.1. The van der Waals surface area contributed by atoms with Gasteiger partial charge in [-0.25, -0.2) is 18.0 Å². The first-order valence-electron chi connectivity index (χ1n) is 8.92. The summed E-state index contributed by atoms with van der Waals surface area (Å²) in [5, 5.41) is 4.53. The van der Waals surface area contributed by atoms with Crippen molar-refractivity contribution in [2.75, 3.05) is 26.1 Å². The minimum absolute atomic E-state index is 0.327. The van der Waals surface area contributed by atoms with Gasteiger partial charge in [0, 0.05) is 0 Å². The van der Waals surface area contributed by atoms with Gasteiger partial charge in [-0.3, -0.25) is 14.5 Å². The molecule has 1 saturated heterocycles. The Hall–Kier alpha value is -3.76. The summed E-state index contributed by atoms with van der Waals surface area (Å²) in [6, 6.07) is 5.22. The zero-order chi connectivity index (χ0) is 22.9. The van der Waals surface area contributed by atoms with Crippen molar-refractivity contribution in [3.8, 4) is 11.5 Å². The molecule has 1 aliphatic rings. The molecule has 164 valence electrons. The van der Waals surface area contributed by atoms with E-state index in [9.17, 15) is 27.6 Å². The number of halogens is 3. The molecular weight excluding hydrogens is 419 g/mol. The van der Waals surface area contributed by atoms with Gasteiger partial charge >= 0.3 is 6.03 Å². The predicted octanol–water partition coefficient (Wildman–Crippen LogP) is 2.53. The molecule has 4 amide bonds. The Morgan fingerprint density at radius 1 is 1.06 bits per heavy atom. The van der Waals surface area contributed by atoms with Crippen LogP contribution in [0, 0.1) is 17.5 Å². The molecule has 2 aromatic carbocycles. The second kappa shape index (κ2) is 8.17. The maximum absolute atomic E-state index is 13.8. The van der Waals surface area contributed by atoms with E-state index in [2.05, 4.69) is 5.32 Å². The molecule has 0 spiro atoms. The molecule has 1 unspecified atom stereocenters. The van der Waals surface area contributed by atoms with E-state index >= 15 is 0 Å². The Bertz CT molecular complexity index is 1080. The molecule has 0 saturated carbocycles. The Morgan fingerprint density at radius 3 is 2.39 bits per heavy atom. The number of imide groups is 1. The number of methoxy groups -OCH3 is 2. The number of carbonyl (C=O) groups excluding carboxylic acids is 3. The van der Waals surface area contributed by atoms with Crippen molar-refractivity contribution in [3.63, 3.8) is 0 Å². The Kier molecular flexibility index (Phi) is 5.78. The maximum atomic E-state index is 13.8. The molecule has 8 nitrogen and oxygen atoms in total. The van der Waals surface area contributed by atoms with Gasteiger partial charge in [0.05, 0.1) is 19.9 Å². The summed E-state index contributed by atoms with van der Waals surface area (Å²) in [5.74, 6) is -5.76. The molecule has 11 heteroatoms. The Labute approximate surface area is 174 Å². The van der Waals surface area contributed by atoms with Crippen molar-refractivity contribution in [2.45, 2.75) is 12.5 Å². The second-order valence-corrected chi connectivity index (χ2v) is 6.79. The van der Waals surface area contributed by atoms with Crippen LogP contribution in [0.1, 0.15) is 12.5 Å².